The van der Waals surface area contributed by atoms with E-state index in [2.05, 4.69) is 6.92 Å². The molecule has 2 N–H and O–H groups in total. The average molecular weight is 559 g/mol. The highest BCUT2D eigenvalue weighted by atomic mass is 16.5. The molecule has 1 aliphatic heterocycles. The van der Waals surface area contributed by atoms with E-state index < -0.39 is 17.3 Å². The number of hydrogen-bond donors (Lipinski definition) is 2. The third kappa shape index (κ3) is 6.01. The standard InChI is InChI=1S/C33H34O8/c1-3-4-5-6-7-8-15-39-22-12-9-20(10-13-22)23-17-30(37)40-29-19-26(36)32-25(35)18-28(41-33(32)31(23)29)21-11-14-27(38-2)24(34)16-21/h9-14,16,18-19,23,34,36H,3-8,15,17H2,1-2H3/t23-/m0/s1. The molecule has 0 amide bonds. The molecule has 2 heterocycles. The Balaban J connectivity index is 1.48. The molecule has 0 unspecified atom stereocenters. The molecule has 1 aliphatic rings. The number of esters is 1. The molecule has 3 aromatic carbocycles. The van der Waals surface area contributed by atoms with Crippen LogP contribution in [0.5, 0.6) is 28.7 Å². The van der Waals surface area contributed by atoms with Crippen molar-refractivity contribution in [1.82, 2.24) is 0 Å². The number of carbonyl (C=O) groups is 1. The minimum Gasteiger partial charge on any atom is -0.507 e. The monoisotopic (exact) mass is 558 g/mol. The molecule has 8 nitrogen and oxygen atoms in total. The van der Waals surface area contributed by atoms with Crippen molar-refractivity contribution in [3.63, 3.8) is 0 Å². The van der Waals surface area contributed by atoms with Crippen molar-refractivity contribution in [3.05, 3.63) is 75.9 Å². The number of aromatic hydroxyl groups is 2. The number of carbonyl (C=O) groups excluding carboxylic acids is 1. The summed E-state index contributed by atoms with van der Waals surface area (Å²) in [7, 11) is 1.44. The van der Waals surface area contributed by atoms with Crippen molar-refractivity contribution in [1.29, 1.82) is 0 Å². The van der Waals surface area contributed by atoms with Gasteiger partial charge in [0.05, 0.1) is 20.1 Å². The zero-order chi connectivity index (χ0) is 28.9. The number of benzene rings is 3. The molecule has 0 fully saturated rings. The van der Waals surface area contributed by atoms with Gasteiger partial charge in [-0.2, -0.15) is 0 Å². The first-order valence-corrected chi connectivity index (χ1v) is 14.0. The predicted molar refractivity (Wildman–Crippen MR) is 155 cm³/mol. The van der Waals surface area contributed by atoms with Crippen LogP contribution >= 0.6 is 0 Å². The number of rotatable bonds is 11. The van der Waals surface area contributed by atoms with Gasteiger partial charge in [0.15, 0.2) is 16.9 Å². The zero-order valence-corrected chi connectivity index (χ0v) is 23.3. The SMILES string of the molecule is CCCCCCCCOc1ccc([C@@H]2CC(=O)Oc3cc(O)c4c(=O)cc(-c5ccc(OC)c(O)c5)oc4c32)cc1. The molecular weight excluding hydrogens is 524 g/mol. The minimum absolute atomic E-state index is 0.00734. The fraction of sp³-hybridized carbons (Fsp3) is 0.333. The van der Waals surface area contributed by atoms with Crippen molar-refractivity contribution in [2.24, 2.45) is 0 Å². The number of methoxy groups -OCH3 is 1. The van der Waals surface area contributed by atoms with Gasteiger partial charge >= 0.3 is 5.97 Å². The van der Waals surface area contributed by atoms with Gasteiger partial charge in [0.2, 0.25) is 0 Å². The molecule has 0 radical (unpaired) electrons. The van der Waals surface area contributed by atoms with Gasteiger partial charge in [-0.25, -0.2) is 0 Å². The van der Waals surface area contributed by atoms with Crippen molar-refractivity contribution >= 4 is 16.9 Å². The molecule has 0 saturated carbocycles. The third-order valence-corrected chi connectivity index (χ3v) is 7.44. The largest absolute Gasteiger partial charge is 0.507 e. The molecule has 1 aromatic heterocycles. The molecule has 0 saturated heterocycles. The van der Waals surface area contributed by atoms with Crippen LogP contribution in [0.1, 0.15) is 68.9 Å². The summed E-state index contributed by atoms with van der Waals surface area (Å²) in [5, 5.41) is 21.0. The Morgan fingerprint density at radius 2 is 1.66 bits per heavy atom. The molecule has 0 aliphatic carbocycles. The normalized spacial score (nSPS) is 14.5. The molecule has 0 spiro atoms. The van der Waals surface area contributed by atoms with E-state index >= 15 is 0 Å². The average Bonchev–Trinajstić information content (AvgIpc) is 2.96. The Bertz CT molecular complexity index is 1600. The molecule has 8 heteroatoms. The zero-order valence-electron chi connectivity index (χ0n) is 23.3. The van der Waals surface area contributed by atoms with Gasteiger partial charge in [0.1, 0.15) is 34.0 Å². The van der Waals surface area contributed by atoms with Crippen LogP contribution in [0.2, 0.25) is 0 Å². The lowest BCUT2D eigenvalue weighted by atomic mass is 9.85. The second-order valence-corrected chi connectivity index (χ2v) is 10.3. The van der Waals surface area contributed by atoms with Crippen LogP contribution in [0.4, 0.5) is 0 Å². The maximum atomic E-state index is 13.2. The molecule has 1 atom stereocenters. The highest BCUT2D eigenvalue weighted by Crippen LogP contribution is 2.46. The van der Waals surface area contributed by atoms with Crippen LogP contribution in [0, 0.1) is 0 Å². The molecule has 5 rings (SSSR count). The maximum absolute atomic E-state index is 13.2. The minimum atomic E-state index is -0.482. The Kier molecular flexibility index (Phi) is 8.47. The lowest BCUT2D eigenvalue weighted by molar-refractivity contribution is -0.135. The van der Waals surface area contributed by atoms with E-state index in [1.165, 1.54) is 51.0 Å². The quantitative estimate of drug-likeness (QED) is 0.114. The summed E-state index contributed by atoms with van der Waals surface area (Å²) in [5.74, 6) is -0.0598. The number of phenols is 2. The molecule has 4 aromatic rings. The summed E-state index contributed by atoms with van der Waals surface area (Å²) in [6.45, 7) is 2.85. The Morgan fingerprint density at radius 3 is 2.39 bits per heavy atom. The van der Waals surface area contributed by atoms with E-state index in [4.69, 9.17) is 18.6 Å². The van der Waals surface area contributed by atoms with Crippen molar-refractivity contribution in [3.8, 4) is 40.1 Å². The van der Waals surface area contributed by atoms with Gasteiger partial charge in [0, 0.05) is 29.2 Å². The van der Waals surface area contributed by atoms with Gasteiger partial charge in [0.25, 0.3) is 0 Å². The van der Waals surface area contributed by atoms with E-state index in [0.29, 0.717) is 17.7 Å². The van der Waals surface area contributed by atoms with Crippen LogP contribution in [-0.4, -0.2) is 29.9 Å². The van der Waals surface area contributed by atoms with Crippen LogP contribution in [-0.2, 0) is 4.79 Å². The summed E-state index contributed by atoms with van der Waals surface area (Å²) in [4.78, 5) is 25.8. The van der Waals surface area contributed by atoms with Crippen molar-refractivity contribution in [2.45, 2.75) is 57.8 Å². The number of phenolic OH excluding ortho intramolecular Hbond substituents is 2. The van der Waals surface area contributed by atoms with Crippen LogP contribution in [0.25, 0.3) is 22.3 Å². The van der Waals surface area contributed by atoms with Gasteiger partial charge in [-0.3, -0.25) is 9.59 Å². The van der Waals surface area contributed by atoms with Crippen LogP contribution in [0.15, 0.2) is 63.8 Å². The number of unbranched alkanes of at least 4 members (excludes halogenated alkanes) is 5. The maximum Gasteiger partial charge on any atom is 0.312 e. The highest BCUT2D eigenvalue weighted by Gasteiger charge is 2.33. The number of ether oxygens (including phenoxy) is 3. The topological polar surface area (TPSA) is 115 Å². The van der Waals surface area contributed by atoms with Crippen LogP contribution in [0.3, 0.4) is 0 Å². The summed E-state index contributed by atoms with van der Waals surface area (Å²) >= 11 is 0. The number of fused-ring (bicyclic) bond motifs is 3. The predicted octanol–water partition coefficient (Wildman–Crippen LogP) is 7.06. The second-order valence-electron chi connectivity index (χ2n) is 10.3. The fourth-order valence-corrected chi connectivity index (χ4v) is 5.30. The molecule has 214 valence electrons. The van der Waals surface area contributed by atoms with E-state index in [0.717, 1.165) is 24.2 Å². The van der Waals surface area contributed by atoms with E-state index in [-0.39, 0.29) is 46.1 Å². The Labute approximate surface area is 238 Å². The molecule has 0 bridgehead atoms. The van der Waals surface area contributed by atoms with E-state index in [9.17, 15) is 19.8 Å². The third-order valence-electron chi connectivity index (χ3n) is 7.44. The summed E-state index contributed by atoms with van der Waals surface area (Å²) in [6.07, 6.45) is 7.14. The van der Waals surface area contributed by atoms with E-state index in [1.54, 1.807) is 12.1 Å². The fourth-order valence-electron chi connectivity index (χ4n) is 5.30. The lowest BCUT2D eigenvalue weighted by Gasteiger charge is -2.26. The molecule has 41 heavy (non-hydrogen) atoms. The lowest BCUT2D eigenvalue weighted by Crippen LogP contribution is -2.22. The first-order chi connectivity index (χ1) is 19.9. The van der Waals surface area contributed by atoms with Crippen LogP contribution < -0.4 is 19.6 Å². The molecular formula is C33H34O8. The first-order valence-electron chi connectivity index (χ1n) is 14.0. The summed E-state index contributed by atoms with van der Waals surface area (Å²) in [6, 6.07) is 14.7. The van der Waals surface area contributed by atoms with Gasteiger partial charge < -0.3 is 28.8 Å². The van der Waals surface area contributed by atoms with Gasteiger partial charge in [-0.1, -0.05) is 51.2 Å². The van der Waals surface area contributed by atoms with Gasteiger partial charge in [-0.05, 0) is 42.3 Å². The van der Waals surface area contributed by atoms with E-state index in [1.807, 2.05) is 24.3 Å². The Hall–Kier alpha value is -4.46. The second kappa shape index (κ2) is 12.4. The smallest absolute Gasteiger partial charge is 0.312 e. The summed E-state index contributed by atoms with van der Waals surface area (Å²) < 4.78 is 22.7. The summed E-state index contributed by atoms with van der Waals surface area (Å²) in [5.41, 5.74) is 1.41. The Morgan fingerprint density at radius 1 is 0.902 bits per heavy atom. The highest BCUT2D eigenvalue weighted by molar-refractivity contribution is 5.93. The van der Waals surface area contributed by atoms with Crippen molar-refractivity contribution < 1.29 is 33.6 Å². The number of hydrogen-bond acceptors (Lipinski definition) is 8. The first kappa shape index (κ1) is 28.1. The van der Waals surface area contributed by atoms with Gasteiger partial charge in [-0.15, -0.1) is 0 Å². The van der Waals surface area contributed by atoms with Crippen molar-refractivity contribution in [2.75, 3.05) is 13.7 Å².